The van der Waals surface area contributed by atoms with E-state index in [1.807, 2.05) is 0 Å². The van der Waals surface area contributed by atoms with Gasteiger partial charge in [-0.1, -0.05) is 6.92 Å². The highest BCUT2D eigenvalue weighted by atomic mass is 32.1. The smallest absolute Gasteiger partial charge is 0.422 e. The predicted octanol–water partition coefficient (Wildman–Crippen LogP) is 2.50. The maximum absolute atomic E-state index is 13.4. The zero-order chi connectivity index (χ0) is 28.3. The van der Waals surface area contributed by atoms with E-state index in [1.165, 1.54) is 28.8 Å². The van der Waals surface area contributed by atoms with Crippen molar-refractivity contribution in [2.75, 3.05) is 31.6 Å². The summed E-state index contributed by atoms with van der Waals surface area (Å²) in [7, 11) is 1.50. The maximum atomic E-state index is 13.4. The number of anilines is 1. The number of aliphatic hydroxyl groups is 1. The number of pyridine rings is 1. The molecule has 0 aliphatic carbocycles. The van der Waals surface area contributed by atoms with Gasteiger partial charge in [-0.3, -0.25) is 14.4 Å². The van der Waals surface area contributed by atoms with Gasteiger partial charge in [0.05, 0.1) is 16.8 Å². The van der Waals surface area contributed by atoms with Crippen LogP contribution < -0.4 is 15.4 Å². The number of ether oxygens (including phenoxy) is 1. The molecular weight excluding hydrogens is 541 g/mol. The molecule has 1 aliphatic rings. The fraction of sp³-hybridized carbons (Fsp3) is 0.458. The Bertz CT molecular complexity index is 1370. The van der Waals surface area contributed by atoms with Crippen LogP contribution in [0.5, 0.6) is 5.75 Å². The highest BCUT2D eigenvalue weighted by molar-refractivity contribution is 7.11. The summed E-state index contributed by atoms with van der Waals surface area (Å²) in [5, 5.41) is 16.5. The molecule has 0 bridgehead atoms. The molecule has 0 radical (unpaired) electrons. The molecule has 3 aromatic heterocycles. The number of aromatic nitrogens is 3. The van der Waals surface area contributed by atoms with E-state index in [9.17, 15) is 27.6 Å². The molecule has 3 aromatic rings. The summed E-state index contributed by atoms with van der Waals surface area (Å²) in [6.45, 7) is 0.204. The summed E-state index contributed by atoms with van der Waals surface area (Å²) in [5.41, 5.74) is 0.787. The number of aryl methyl sites for hydroxylation is 2. The minimum absolute atomic E-state index is 0.127. The molecule has 11 nitrogen and oxygen atoms in total. The number of halogens is 3. The summed E-state index contributed by atoms with van der Waals surface area (Å²) in [4.78, 5) is 47.7. The lowest BCUT2D eigenvalue weighted by Gasteiger charge is -2.32. The standard InChI is InChI=1S/C24H27F3N6O5S/c1-3-15-16(31-22(37)23-28-6-9-39-23)10-14-19(38-12-24(25,26)27)18(32(2)20(14)30-15)21(36)29-13-4-7-33(8-5-13)17(35)11-34/h6,9-10,13,34H,3-5,7-8,11-12H2,1-2H3,(H,29,36)(H,31,37). The normalized spacial score (nSPS) is 14.5. The van der Waals surface area contributed by atoms with Crippen molar-refractivity contribution >= 4 is 45.8 Å². The number of nitrogens with one attached hydrogen (secondary N) is 2. The van der Waals surface area contributed by atoms with Gasteiger partial charge in [0.25, 0.3) is 11.8 Å². The Labute approximate surface area is 225 Å². The molecule has 4 heterocycles. The van der Waals surface area contributed by atoms with Crippen LogP contribution in [0.3, 0.4) is 0 Å². The lowest BCUT2D eigenvalue weighted by Crippen LogP contribution is -2.47. The molecule has 3 amide bonds. The second-order valence-corrected chi connectivity index (χ2v) is 9.82. The van der Waals surface area contributed by atoms with Crippen LogP contribution in [0.2, 0.25) is 0 Å². The van der Waals surface area contributed by atoms with Crippen LogP contribution in [-0.2, 0) is 18.3 Å². The monoisotopic (exact) mass is 568 g/mol. The largest absolute Gasteiger partial charge is 0.481 e. The van der Waals surface area contributed by atoms with Gasteiger partial charge in [-0.15, -0.1) is 11.3 Å². The number of fused-ring (bicyclic) bond motifs is 1. The number of rotatable bonds is 8. The Morgan fingerprint density at radius 1 is 1.23 bits per heavy atom. The Kier molecular flexibility index (Phi) is 8.39. The van der Waals surface area contributed by atoms with E-state index in [0.29, 0.717) is 38.0 Å². The third-order valence-electron chi connectivity index (χ3n) is 6.32. The first kappa shape index (κ1) is 28.3. The van der Waals surface area contributed by atoms with E-state index in [1.54, 1.807) is 12.3 Å². The average Bonchev–Trinajstić information content (AvgIpc) is 3.53. The number of likely N-dealkylation sites (tertiary alicyclic amines) is 1. The van der Waals surface area contributed by atoms with Gasteiger partial charge in [0.1, 0.15) is 12.3 Å². The van der Waals surface area contributed by atoms with Gasteiger partial charge in [0.15, 0.2) is 23.1 Å². The van der Waals surface area contributed by atoms with E-state index < -0.39 is 37.1 Å². The Balaban J connectivity index is 1.68. The molecule has 39 heavy (non-hydrogen) atoms. The minimum Gasteiger partial charge on any atom is -0.481 e. The van der Waals surface area contributed by atoms with Gasteiger partial charge in [-0.05, 0) is 25.3 Å². The molecule has 0 aromatic carbocycles. The molecule has 4 rings (SSSR count). The molecule has 210 valence electrons. The average molecular weight is 569 g/mol. The minimum atomic E-state index is -4.67. The second kappa shape index (κ2) is 11.6. The van der Waals surface area contributed by atoms with E-state index in [2.05, 4.69) is 20.6 Å². The second-order valence-electron chi connectivity index (χ2n) is 8.93. The van der Waals surface area contributed by atoms with Crippen LogP contribution in [0.25, 0.3) is 11.0 Å². The number of piperidine rings is 1. The first-order valence-electron chi connectivity index (χ1n) is 12.1. The van der Waals surface area contributed by atoms with Crippen LogP contribution in [0.15, 0.2) is 17.6 Å². The van der Waals surface area contributed by atoms with E-state index in [4.69, 9.17) is 9.84 Å². The number of alkyl halides is 3. The SMILES string of the molecule is CCc1nc2c(cc1NC(=O)c1nccs1)c(OCC(F)(F)F)c(C(=O)NC1CCN(C(=O)CO)CC1)n2C. The summed E-state index contributed by atoms with van der Waals surface area (Å²) in [5.74, 6) is -1.88. The number of carbonyl (C=O) groups is 3. The molecular formula is C24H27F3N6O5S. The lowest BCUT2D eigenvalue weighted by atomic mass is 10.0. The zero-order valence-electron chi connectivity index (χ0n) is 21.2. The third-order valence-corrected chi connectivity index (χ3v) is 7.09. The van der Waals surface area contributed by atoms with E-state index in [0.717, 1.165) is 11.3 Å². The van der Waals surface area contributed by atoms with Crippen molar-refractivity contribution in [2.24, 2.45) is 7.05 Å². The highest BCUT2D eigenvalue weighted by Gasteiger charge is 2.33. The molecule has 0 atom stereocenters. The summed E-state index contributed by atoms with van der Waals surface area (Å²) >= 11 is 1.13. The topological polar surface area (TPSA) is 139 Å². The van der Waals surface area contributed by atoms with Crippen molar-refractivity contribution < 1.29 is 37.4 Å². The molecule has 1 saturated heterocycles. The first-order valence-corrected chi connectivity index (χ1v) is 13.0. The number of hydrogen-bond acceptors (Lipinski definition) is 8. The fourth-order valence-corrected chi connectivity index (χ4v) is 4.95. The van der Waals surface area contributed by atoms with Gasteiger partial charge in [0, 0.05) is 37.8 Å². The molecule has 0 unspecified atom stereocenters. The Morgan fingerprint density at radius 3 is 2.54 bits per heavy atom. The zero-order valence-corrected chi connectivity index (χ0v) is 22.0. The summed E-state index contributed by atoms with van der Waals surface area (Å²) in [6.07, 6.45) is -1.99. The van der Waals surface area contributed by atoms with Crippen molar-refractivity contribution in [3.63, 3.8) is 0 Å². The number of hydrogen-bond donors (Lipinski definition) is 3. The first-order chi connectivity index (χ1) is 18.5. The van der Waals surface area contributed by atoms with Gasteiger partial charge in [-0.2, -0.15) is 13.2 Å². The predicted molar refractivity (Wildman–Crippen MR) is 136 cm³/mol. The summed E-state index contributed by atoms with van der Waals surface area (Å²) < 4.78 is 46.0. The number of aliphatic hydroxyl groups excluding tert-OH is 1. The number of nitrogens with zero attached hydrogens (tertiary/aromatic N) is 4. The van der Waals surface area contributed by atoms with E-state index in [-0.39, 0.29) is 39.2 Å². The van der Waals surface area contributed by atoms with Gasteiger partial charge < -0.3 is 29.9 Å². The van der Waals surface area contributed by atoms with Crippen molar-refractivity contribution in [3.8, 4) is 5.75 Å². The van der Waals surface area contributed by atoms with Crippen molar-refractivity contribution in [1.29, 1.82) is 0 Å². The molecule has 1 fully saturated rings. The van der Waals surface area contributed by atoms with Crippen LogP contribution in [0, 0.1) is 0 Å². The van der Waals surface area contributed by atoms with Crippen LogP contribution >= 0.6 is 11.3 Å². The third kappa shape index (κ3) is 6.30. The quantitative estimate of drug-likeness (QED) is 0.380. The number of carbonyl (C=O) groups excluding carboxylic acids is 3. The molecule has 15 heteroatoms. The van der Waals surface area contributed by atoms with Crippen LogP contribution in [0.4, 0.5) is 18.9 Å². The van der Waals surface area contributed by atoms with E-state index >= 15 is 0 Å². The molecule has 0 saturated carbocycles. The van der Waals surface area contributed by atoms with Crippen LogP contribution in [0.1, 0.15) is 45.7 Å². The Hall–Kier alpha value is -3.72. The van der Waals surface area contributed by atoms with Crippen LogP contribution in [-0.4, -0.2) is 80.8 Å². The maximum Gasteiger partial charge on any atom is 0.422 e. The Morgan fingerprint density at radius 2 is 1.95 bits per heavy atom. The van der Waals surface area contributed by atoms with Crippen molar-refractivity contribution in [2.45, 2.75) is 38.4 Å². The van der Waals surface area contributed by atoms with Crippen molar-refractivity contribution in [3.05, 3.63) is 34.0 Å². The van der Waals surface area contributed by atoms with Crippen molar-refractivity contribution in [1.82, 2.24) is 24.8 Å². The molecule has 0 spiro atoms. The lowest BCUT2D eigenvalue weighted by molar-refractivity contribution is -0.153. The van der Waals surface area contributed by atoms with Gasteiger partial charge in [0.2, 0.25) is 5.91 Å². The number of amides is 3. The molecule has 3 N–H and O–H groups in total. The van der Waals surface area contributed by atoms with Gasteiger partial charge >= 0.3 is 6.18 Å². The van der Waals surface area contributed by atoms with Gasteiger partial charge in [-0.25, -0.2) is 9.97 Å². The summed E-state index contributed by atoms with van der Waals surface area (Å²) in [6, 6.07) is 1.11. The fourth-order valence-electron chi connectivity index (χ4n) is 4.42. The number of thiazole rings is 1. The molecule has 1 aliphatic heterocycles. The highest BCUT2D eigenvalue weighted by Crippen LogP contribution is 2.36.